The van der Waals surface area contributed by atoms with Crippen molar-refractivity contribution in [1.82, 2.24) is 9.88 Å². The molecule has 1 atom stereocenters. The van der Waals surface area contributed by atoms with Gasteiger partial charge >= 0.3 is 0 Å². The molecular weight excluding hydrogens is 346 g/mol. The van der Waals surface area contributed by atoms with Crippen LogP contribution in [-0.4, -0.2) is 35.2 Å². The second kappa shape index (κ2) is 7.76. The lowest BCUT2D eigenvalue weighted by molar-refractivity contribution is -0.117. The number of para-hydroxylation sites is 1. The quantitative estimate of drug-likeness (QED) is 0.666. The average molecular weight is 367 g/mol. The van der Waals surface area contributed by atoms with Gasteiger partial charge in [0.25, 0.3) is 0 Å². The number of fused-ring (bicyclic) bond motifs is 1. The normalized spacial score (nSPS) is 12.3. The van der Waals surface area contributed by atoms with Gasteiger partial charge in [-0.25, -0.2) is 4.98 Å². The third-order valence-corrected chi connectivity index (χ3v) is 5.50. The lowest BCUT2D eigenvalue weighted by Gasteiger charge is -2.22. The Balaban J connectivity index is 1.61. The van der Waals surface area contributed by atoms with E-state index in [9.17, 15) is 9.59 Å². The summed E-state index contributed by atoms with van der Waals surface area (Å²) in [4.78, 5) is 30.2. The number of rotatable bonds is 6. The van der Waals surface area contributed by atoms with Crippen molar-refractivity contribution in [3.8, 4) is 0 Å². The fourth-order valence-electron chi connectivity index (χ4n) is 2.61. The Morgan fingerprint density at radius 3 is 2.50 bits per heavy atom. The molecule has 134 valence electrons. The third kappa shape index (κ3) is 4.15. The number of likely N-dealkylation sites (N-methyl/N-ethyl adjacent to an activating group) is 1. The van der Waals surface area contributed by atoms with E-state index in [0.29, 0.717) is 11.3 Å². The Labute approximate surface area is 156 Å². The van der Waals surface area contributed by atoms with Crippen LogP contribution in [0.4, 0.5) is 5.69 Å². The molecule has 0 saturated heterocycles. The van der Waals surface area contributed by atoms with Crippen molar-refractivity contribution >= 4 is 38.9 Å². The largest absolute Gasteiger partial charge is 0.325 e. The number of carbonyl (C=O) groups is 2. The second-order valence-electron chi connectivity index (χ2n) is 6.29. The molecule has 6 heteroatoms. The summed E-state index contributed by atoms with van der Waals surface area (Å²) < 4.78 is 1.15. The van der Waals surface area contributed by atoms with Gasteiger partial charge in [0.15, 0.2) is 5.78 Å². The maximum atomic E-state index is 12.3. The highest BCUT2D eigenvalue weighted by Gasteiger charge is 2.18. The molecule has 3 rings (SSSR count). The van der Waals surface area contributed by atoms with E-state index in [1.165, 1.54) is 6.92 Å². The van der Waals surface area contributed by atoms with Crippen molar-refractivity contribution in [2.75, 3.05) is 18.9 Å². The van der Waals surface area contributed by atoms with Gasteiger partial charge in [0, 0.05) is 11.3 Å². The molecule has 0 spiro atoms. The molecule has 0 aliphatic carbocycles. The average Bonchev–Trinajstić information content (AvgIpc) is 3.05. The van der Waals surface area contributed by atoms with Crippen LogP contribution in [0.15, 0.2) is 48.5 Å². The van der Waals surface area contributed by atoms with Crippen LogP contribution >= 0.6 is 11.3 Å². The molecule has 3 aromatic rings. The first kappa shape index (κ1) is 18.2. The molecule has 0 aliphatic heterocycles. The van der Waals surface area contributed by atoms with Gasteiger partial charge in [0.05, 0.1) is 22.8 Å². The molecular formula is C20H21N3O2S. The molecule has 1 N–H and O–H groups in total. The number of amides is 1. The van der Waals surface area contributed by atoms with E-state index < -0.39 is 0 Å². The van der Waals surface area contributed by atoms with Crippen molar-refractivity contribution in [2.45, 2.75) is 19.9 Å². The SMILES string of the molecule is CC(=O)c1ccc(NC(=O)CN(C)[C@H](C)c2nc3ccccc3s2)cc1. The summed E-state index contributed by atoms with van der Waals surface area (Å²) in [5.74, 6) is -0.0942. The zero-order chi connectivity index (χ0) is 18.7. The number of thiazole rings is 1. The zero-order valence-electron chi connectivity index (χ0n) is 15.0. The molecule has 1 amide bonds. The molecule has 0 saturated carbocycles. The van der Waals surface area contributed by atoms with E-state index in [0.717, 1.165) is 15.2 Å². The van der Waals surface area contributed by atoms with Crippen LogP contribution in [-0.2, 0) is 4.79 Å². The van der Waals surface area contributed by atoms with Gasteiger partial charge in [-0.05, 0) is 57.3 Å². The number of hydrogen-bond acceptors (Lipinski definition) is 5. The minimum atomic E-state index is -0.101. The summed E-state index contributed by atoms with van der Waals surface area (Å²) in [5, 5.41) is 3.86. The lowest BCUT2D eigenvalue weighted by Crippen LogP contribution is -2.32. The van der Waals surface area contributed by atoms with Crippen LogP contribution in [0.1, 0.15) is 35.3 Å². The van der Waals surface area contributed by atoms with Crippen LogP contribution in [0, 0.1) is 0 Å². The molecule has 0 unspecified atom stereocenters. The maximum Gasteiger partial charge on any atom is 0.238 e. The van der Waals surface area contributed by atoms with Crippen molar-refractivity contribution < 1.29 is 9.59 Å². The van der Waals surface area contributed by atoms with Crippen LogP contribution in [0.5, 0.6) is 0 Å². The zero-order valence-corrected chi connectivity index (χ0v) is 15.8. The van der Waals surface area contributed by atoms with Crippen LogP contribution in [0.25, 0.3) is 10.2 Å². The number of carbonyl (C=O) groups excluding carboxylic acids is 2. The topological polar surface area (TPSA) is 62.3 Å². The van der Waals surface area contributed by atoms with Gasteiger partial charge in [-0.2, -0.15) is 0 Å². The fourth-order valence-corrected chi connectivity index (χ4v) is 3.69. The summed E-state index contributed by atoms with van der Waals surface area (Å²) in [5.41, 5.74) is 2.30. The molecule has 1 heterocycles. The molecule has 0 bridgehead atoms. The number of aromatic nitrogens is 1. The van der Waals surface area contributed by atoms with Crippen LogP contribution < -0.4 is 5.32 Å². The van der Waals surface area contributed by atoms with Crippen molar-refractivity contribution in [3.05, 3.63) is 59.1 Å². The van der Waals surface area contributed by atoms with E-state index >= 15 is 0 Å². The van der Waals surface area contributed by atoms with Crippen LogP contribution in [0.2, 0.25) is 0 Å². The first-order chi connectivity index (χ1) is 12.4. The van der Waals surface area contributed by atoms with Gasteiger partial charge in [-0.1, -0.05) is 12.1 Å². The van der Waals surface area contributed by atoms with Crippen molar-refractivity contribution in [2.24, 2.45) is 0 Å². The summed E-state index contributed by atoms with van der Waals surface area (Å²) in [6, 6.07) is 15.0. The van der Waals surface area contributed by atoms with E-state index in [2.05, 4.69) is 16.4 Å². The Bertz CT molecular complexity index is 901. The minimum Gasteiger partial charge on any atom is -0.325 e. The number of nitrogens with one attached hydrogen (secondary N) is 1. The summed E-state index contributed by atoms with van der Waals surface area (Å²) in [7, 11) is 1.91. The number of Topliss-reactive ketones (excluding diaryl/α,β-unsaturated/α-hetero) is 1. The summed E-state index contributed by atoms with van der Waals surface area (Å²) >= 11 is 1.65. The minimum absolute atomic E-state index is 0.00673. The maximum absolute atomic E-state index is 12.3. The van der Waals surface area contributed by atoms with E-state index in [1.807, 2.05) is 37.1 Å². The molecule has 0 radical (unpaired) electrons. The third-order valence-electron chi connectivity index (χ3n) is 4.30. The first-order valence-electron chi connectivity index (χ1n) is 8.40. The van der Waals surface area contributed by atoms with E-state index in [1.54, 1.807) is 35.6 Å². The van der Waals surface area contributed by atoms with Crippen molar-refractivity contribution in [1.29, 1.82) is 0 Å². The monoisotopic (exact) mass is 367 g/mol. The number of nitrogens with zero attached hydrogens (tertiary/aromatic N) is 2. The van der Waals surface area contributed by atoms with Gasteiger partial charge < -0.3 is 5.32 Å². The first-order valence-corrected chi connectivity index (χ1v) is 9.22. The number of benzene rings is 2. The Morgan fingerprint density at radius 2 is 1.85 bits per heavy atom. The standard InChI is InChI=1S/C20H21N3O2S/c1-13(20-22-17-6-4-5-7-18(17)26-20)23(3)12-19(25)21-16-10-8-15(9-11-16)14(2)24/h4-11,13H,12H2,1-3H3,(H,21,25)/t13-/m1/s1. The lowest BCUT2D eigenvalue weighted by atomic mass is 10.1. The van der Waals surface area contributed by atoms with Gasteiger partial charge in [0.1, 0.15) is 5.01 Å². The van der Waals surface area contributed by atoms with Gasteiger partial charge in [0.2, 0.25) is 5.91 Å². The molecule has 1 aromatic heterocycles. The highest BCUT2D eigenvalue weighted by Crippen LogP contribution is 2.28. The van der Waals surface area contributed by atoms with E-state index in [4.69, 9.17) is 0 Å². The van der Waals surface area contributed by atoms with Crippen molar-refractivity contribution in [3.63, 3.8) is 0 Å². The predicted molar refractivity (Wildman–Crippen MR) is 106 cm³/mol. The molecule has 0 fully saturated rings. The van der Waals surface area contributed by atoms with E-state index in [-0.39, 0.29) is 24.3 Å². The number of hydrogen-bond donors (Lipinski definition) is 1. The molecule has 26 heavy (non-hydrogen) atoms. The number of anilines is 1. The Morgan fingerprint density at radius 1 is 1.15 bits per heavy atom. The predicted octanol–water partition coefficient (Wildman–Crippen LogP) is 4.13. The van der Waals surface area contributed by atoms with Crippen LogP contribution in [0.3, 0.4) is 0 Å². The fraction of sp³-hybridized carbons (Fsp3) is 0.250. The van der Waals surface area contributed by atoms with Gasteiger partial charge in [-0.15, -0.1) is 11.3 Å². The molecule has 2 aromatic carbocycles. The number of ketones is 1. The molecule has 5 nitrogen and oxygen atoms in total. The highest BCUT2D eigenvalue weighted by molar-refractivity contribution is 7.18. The highest BCUT2D eigenvalue weighted by atomic mass is 32.1. The van der Waals surface area contributed by atoms with Gasteiger partial charge in [-0.3, -0.25) is 14.5 Å². The summed E-state index contributed by atoms with van der Waals surface area (Å²) in [6.45, 7) is 3.82. The Hall–Kier alpha value is -2.57. The Kier molecular flexibility index (Phi) is 5.44. The smallest absolute Gasteiger partial charge is 0.238 e. The molecule has 0 aliphatic rings. The second-order valence-corrected chi connectivity index (χ2v) is 7.35. The summed E-state index contributed by atoms with van der Waals surface area (Å²) in [6.07, 6.45) is 0.